The number of rotatable bonds is 2. The van der Waals surface area contributed by atoms with Crippen LogP contribution in [0.3, 0.4) is 0 Å². The highest BCUT2D eigenvalue weighted by Crippen LogP contribution is 2.39. The maximum absolute atomic E-state index is 5.85. The molecule has 4 heteroatoms. The van der Waals surface area contributed by atoms with Gasteiger partial charge in [0.2, 0.25) is 0 Å². The van der Waals surface area contributed by atoms with Crippen molar-refractivity contribution in [2.45, 2.75) is 33.2 Å². The van der Waals surface area contributed by atoms with Crippen LogP contribution in [0.2, 0.25) is 0 Å². The van der Waals surface area contributed by atoms with E-state index in [4.69, 9.17) is 9.47 Å². The maximum atomic E-state index is 5.85. The van der Waals surface area contributed by atoms with Crippen LogP contribution in [0, 0.1) is 12.8 Å². The first-order valence-electron chi connectivity index (χ1n) is 7.13. The number of anilines is 1. The predicted molar refractivity (Wildman–Crippen MR) is 76.9 cm³/mol. The second-order valence-electron chi connectivity index (χ2n) is 4.95. The van der Waals surface area contributed by atoms with Gasteiger partial charge in [0.15, 0.2) is 11.6 Å². The summed E-state index contributed by atoms with van der Waals surface area (Å²) in [5, 5.41) is 0. The van der Waals surface area contributed by atoms with E-state index < -0.39 is 0 Å². The molecular formula is C15H24N2O2. The number of hydrogen-bond acceptors (Lipinski definition) is 4. The average molecular weight is 264 g/mol. The van der Waals surface area contributed by atoms with Gasteiger partial charge in [-0.2, -0.15) is 0 Å². The summed E-state index contributed by atoms with van der Waals surface area (Å²) in [6.45, 7) is 8.71. The highest BCUT2D eigenvalue weighted by atomic mass is 16.5. The van der Waals surface area contributed by atoms with Crippen LogP contribution in [0.1, 0.15) is 25.8 Å². The Hall–Kier alpha value is -1.29. The zero-order chi connectivity index (χ0) is 13.8. The van der Waals surface area contributed by atoms with Crippen molar-refractivity contribution in [1.29, 1.82) is 0 Å². The van der Waals surface area contributed by atoms with E-state index in [1.54, 1.807) is 7.11 Å². The summed E-state index contributed by atoms with van der Waals surface area (Å²) in [6, 6.07) is 2.47. The SMILES string of the molecule is CC.COC[C@H]1C[C@H]2COc3c(C)ccnc3N2C1. The minimum atomic E-state index is 0.469. The number of ether oxygens (including phenoxy) is 2. The number of nitrogens with zero attached hydrogens (tertiary/aromatic N) is 2. The van der Waals surface area contributed by atoms with Crippen LogP contribution < -0.4 is 9.64 Å². The molecule has 1 fully saturated rings. The summed E-state index contributed by atoms with van der Waals surface area (Å²) < 4.78 is 11.1. The number of hydrogen-bond donors (Lipinski definition) is 0. The van der Waals surface area contributed by atoms with Crippen molar-refractivity contribution in [2.75, 3.05) is 31.8 Å². The smallest absolute Gasteiger partial charge is 0.172 e. The highest BCUT2D eigenvalue weighted by molar-refractivity contribution is 5.59. The third-order valence-corrected chi connectivity index (χ3v) is 3.68. The van der Waals surface area contributed by atoms with Crippen molar-refractivity contribution in [3.05, 3.63) is 17.8 Å². The van der Waals surface area contributed by atoms with E-state index in [2.05, 4.69) is 16.8 Å². The van der Waals surface area contributed by atoms with Gasteiger partial charge in [-0.3, -0.25) is 0 Å². The van der Waals surface area contributed by atoms with Crippen molar-refractivity contribution in [3.8, 4) is 5.75 Å². The molecule has 2 aliphatic rings. The van der Waals surface area contributed by atoms with Crippen LogP contribution in [0.25, 0.3) is 0 Å². The molecular weight excluding hydrogens is 240 g/mol. The molecule has 3 rings (SSSR count). The molecule has 0 bridgehead atoms. The quantitative estimate of drug-likeness (QED) is 0.822. The first kappa shape index (κ1) is 14.1. The molecule has 4 nitrogen and oxygen atoms in total. The molecule has 1 saturated heterocycles. The van der Waals surface area contributed by atoms with Crippen molar-refractivity contribution in [2.24, 2.45) is 5.92 Å². The maximum Gasteiger partial charge on any atom is 0.172 e. The summed E-state index contributed by atoms with van der Waals surface area (Å²) in [7, 11) is 1.77. The minimum absolute atomic E-state index is 0.469. The van der Waals surface area contributed by atoms with Crippen molar-refractivity contribution in [3.63, 3.8) is 0 Å². The van der Waals surface area contributed by atoms with Crippen LogP contribution in [0.5, 0.6) is 5.75 Å². The third-order valence-electron chi connectivity index (χ3n) is 3.68. The van der Waals surface area contributed by atoms with Gasteiger partial charge >= 0.3 is 0 Å². The van der Waals surface area contributed by atoms with Gasteiger partial charge in [-0.1, -0.05) is 13.8 Å². The van der Waals surface area contributed by atoms with Gasteiger partial charge in [0.25, 0.3) is 0 Å². The Balaban J connectivity index is 0.000000637. The summed E-state index contributed by atoms with van der Waals surface area (Å²) in [5.74, 6) is 2.57. The fourth-order valence-corrected chi connectivity index (χ4v) is 2.88. The van der Waals surface area contributed by atoms with E-state index in [1.165, 1.54) is 5.56 Å². The molecule has 2 aliphatic heterocycles. The molecule has 3 heterocycles. The molecule has 1 aromatic rings. The number of fused-ring (bicyclic) bond motifs is 3. The van der Waals surface area contributed by atoms with Crippen molar-refractivity contribution in [1.82, 2.24) is 4.98 Å². The number of aryl methyl sites for hydroxylation is 1. The second-order valence-corrected chi connectivity index (χ2v) is 4.95. The second kappa shape index (κ2) is 6.24. The summed E-state index contributed by atoms with van der Waals surface area (Å²) >= 11 is 0. The van der Waals surface area contributed by atoms with Gasteiger partial charge in [0.1, 0.15) is 6.61 Å². The lowest BCUT2D eigenvalue weighted by molar-refractivity contribution is 0.157. The van der Waals surface area contributed by atoms with Gasteiger partial charge in [0, 0.05) is 25.8 Å². The Morgan fingerprint density at radius 2 is 2.26 bits per heavy atom. The lowest BCUT2D eigenvalue weighted by Gasteiger charge is -2.32. The van der Waals surface area contributed by atoms with Gasteiger partial charge in [-0.05, 0) is 25.0 Å². The fraction of sp³-hybridized carbons (Fsp3) is 0.667. The molecule has 0 aromatic carbocycles. The highest BCUT2D eigenvalue weighted by Gasteiger charge is 2.38. The average Bonchev–Trinajstić information content (AvgIpc) is 2.85. The Morgan fingerprint density at radius 1 is 1.47 bits per heavy atom. The first-order chi connectivity index (χ1) is 9.29. The standard InChI is InChI=1S/C13H18N2O2.C2H6/c1-9-3-4-14-13-12(9)17-8-11-5-10(7-16-2)6-15(11)13;1-2/h3-4,10-11H,5-8H2,1-2H3;1-2H3/t10-,11-;/m0./s1. The molecule has 0 unspecified atom stereocenters. The van der Waals surface area contributed by atoms with Crippen LogP contribution >= 0.6 is 0 Å². The number of aromatic nitrogens is 1. The van der Waals surface area contributed by atoms with Gasteiger partial charge < -0.3 is 14.4 Å². The molecule has 0 radical (unpaired) electrons. The van der Waals surface area contributed by atoms with E-state index in [0.29, 0.717) is 12.0 Å². The van der Waals surface area contributed by atoms with Crippen LogP contribution in [-0.4, -0.2) is 37.9 Å². The van der Waals surface area contributed by atoms with Crippen LogP contribution in [0.15, 0.2) is 12.3 Å². The molecule has 0 amide bonds. The van der Waals surface area contributed by atoms with E-state index in [1.807, 2.05) is 26.1 Å². The zero-order valence-corrected chi connectivity index (χ0v) is 12.3. The van der Waals surface area contributed by atoms with E-state index in [0.717, 1.165) is 37.7 Å². The number of pyridine rings is 1. The van der Waals surface area contributed by atoms with Crippen molar-refractivity contribution < 1.29 is 9.47 Å². The molecule has 0 aliphatic carbocycles. The van der Waals surface area contributed by atoms with Gasteiger partial charge in [-0.15, -0.1) is 0 Å². The van der Waals surface area contributed by atoms with E-state index in [-0.39, 0.29) is 0 Å². The van der Waals surface area contributed by atoms with Crippen LogP contribution in [0.4, 0.5) is 5.82 Å². The Morgan fingerprint density at radius 3 is 3.00 bits per heavy atom. The lowest BCUT2D eigenvalue weighted by atomic mass is 10.1. The lowest BCUT2D eigenvalue weighted by Crippen LogP contribution is -2.39. The van der Waals surface area contributed by atoms with Crippen molar-refractivity contribution >= 4 is 5.82 Å². The van der Waals surface area contributed by atoms with Gasteiger partial charge in [0.05, 0.1) is 12.6 Å². The molecule has 0 saturated carbocycles. The molecule has 2 atom stereocenters. The van der Waals surface area contributed by atoms with E-state index in [9.17, 15) is 0 Å². The summed E-state index contributed by atoms with van der Waals surface area (Å²) in [4.78, 5) is 6.86. The van der Waals surface area contributed by atoms with E-state index >= 15 is 0 Å². The Bertz CT molecular complexity index is 423. The van der Waals surface area contributed by atoms with Gasteiger partial charge in [-0.25, -0.2) is 4.98 Å². The topological polar surface area (TPSA) is 34.6 Å². The number of methoxy groups -OCH3 is 1. The van der Waals surface area contributed by atoms with Crippen LogP contribution in [-0.2, 0) is 4.74 Å². The monoisotopic (exact) mass is 264 g/mol. The predicted octanol–water partition coefficient (Wildman–Crippen LogP) is 2.65. The molecule has 0 N–H and O–H groups in total. The minimum Gasteiger partial charge on any atom is -0.487 e. The molecule has 0 spiro atoms. The third kappa shape index (κ3) is 2.68. The zero-order valence-electron chi connectivity index (χ0n) is 12.3. The summed E-state index contributed by atoms with van der Waals surface area (Å²) in [6.07, 6.45) is 3.01. The molecule has 19 heavy (non-hydrogen) atoms. The first-order valence-corrected chi connectivity index (χ1v) is 7.13. The fourth-order valence-electron chi connectivity index (χ4n) is 2.88. The summed E-state index contributed by atoms with van der Waals surface area (Å²) in [5.41, 5.74) is 1.17. The normalized spacial score (nSPS) is 23.9. The molecule has 1 aromatic heterocycles. The molecule has 106 valence electrons. The Labute approximate surface area is 115 Å². The Kier molecular flexibility index (Phi) is 4.64. The largest absolute Gasteiger partial charge is 0.487 e.